The summed E-state index contributed by atoms with van der Waals surface area (Å²) in [6.07, 6.45) is 7.25. The molecule has 4 heteroatoms. The van der Waals surface area contributed by atoms with Crippen molar-refractivity contribution in [1.29, 1.82) is 0 Å². The van der Waals surface area contributed by atoms with E-state index < -0.39 is 0 Å². The Morgan fingerprint density at radius 1 is 1.42 bits per heavy atom. The van der Waals surface area contributed by atoms with E-state index in [0.717, 1.165) is 35.0 Å². The number of hydrogen-bond donors (Lipinski definition) is 0. The normalized spacial score (nSPS) is 20.6. The molecule has 0 N–H and O–H groups in total. The summed E-state index contributed by atoms with van der Waals surface area (Å²) in [5.41, 5.74) is 0.967. The zero-order valence-electron chi connectivity index (χ0n) is 12.2. The van der Waals surface area contributed by atoms with Crippen LogP contribution in [-0.2, 0) is 0 Å². The monoisotopic (exact) mass is 280 g/mol. The summed E-state index contributed by atoms with van der Waals surface area (Å²) in [4.78, 5) is 19.2. The van der Waals surface area contributed by atoms with Crippen LogP contribution < -0.4 is 4.90 Å². The third-order valence-corrected chi connectivity index (χ3v) is 4.95. The Kier molecular flexibility index (Phi) is 4.97. The molecule has 1 aromatic rings. The van der Waals surface area contributed by atoms with E-state index in [2.05, 4.69) is 25.7 Å². The van der Waals surface area contributed by atoms with Crippen LogP contribution in [0.15, 0.2) is 0 Å². The lowest BCUT2D eigenvalue weighted by atomic mass is 10.1. The van der Waals surface area contributed by atoms with E-state index in [1.54, 1.807) is 11.3 Å². The fourth-order valence-electron chi connectivity index (χ4n) is 2.81. The minimum atomic E-state index is 0.317. The molecule has 2 rings (SSSR count). The topological polar surface area (TPSA) is 33.2 Å². The molecule has 0 amide bonds. The van der Waals surface area contributed by atoms with Gasteiger partial charge in [-0.2, -0.15) is 0 Å². The van der Waals surface area contributed by atoms with E-state index in [0.29, 0.717) is 12.0 Å². The molecule has 1 aromatic heterocycles. The summed E-state index contributed by atoms with van der Waals surface area (Å²) in [5, 5.41) is 1.06. The third kappa shape index (κ3) is 3.16. The molecule has 0 bridgehead atoms. The smallest absolute Gasteiger partial charge is 0.186 e. The lowest BCUT2D eigenvalue weighted by Gasteiger charge is -2.28. The van der Waals surface area contributed by atoms with E-state index in [1.807, 2.05) is 0 Å². The number of thiazole rings is 1. The minimum Gasteiger partial charge on any atom is -0.345 e. The number of hydrogen-bond acceptors (Lipinski definition) is 4. The Balaban J connectivity index is 2.30. The second-order valence-corrected chi connectivity index (χ2v) is 6.63. The van der Waals surface area contributed by atoms with Crippen molar-refractivity contribution in [2.24, 2.45) is 0 Å². The molecule has 0 saturated carbocycles. The molecule has 0 aliphatic carbocycles. The Morgan fingerprint density at radius 3 is 2.79 bits per heavy atom. The van der Waals surface area contributed by atoms with E-state index in [-0.39, 0.29) is 0 Å². The first-order chi connectivity index (χ1) is 9.17. The minimum absolute atomic E-state index is 0.317. The number of carbonyl (C=O) groups excluding carboxylic acids is 1. The molecule has 1 unspecified atom stereocenters. The largest absolute Gasteiger partial charge is 0.345 e. The van der Waals surface area contributed by atoms with Crippen LogP contribution in [-0.4, -0.2) is 23.9 Å². The van der Waals surface area contributed by atoms with Crippen LogP contribution in [0.1, 0.15) is 74.2 Å². The Bertz CT molecular complexity index is 428. The van der Waals surface area contributed by atoms with E-state index in [4.69, 9.17) is 4.98 Å². The van der Waals surface area contributed by atoms with Crippen LogP contribution in [0, 0.1) is 0 Å². The Hall–Kier alpha value is -0.900. The summed E-state index contributed by atoms with van der Waals surface area (Å²) in [7, 11) is 0. The third-order valence-electron chi connectivity index (χ3n) is 3.92. The van der Waals surface area contributed by atoms with Crippen molar-refractivity contribution in [2.45, 2.75) is 64.8 Å². The van der Waals surface area contributed by atoms with Crippen LogP contribution in [0.25, 0.3) is 0 Å². The van der Waals surface area contributed by atoms with Gasteiger partial charge in [0.25, 0.3) is 0 Å². The number of nitrogens with zero attached hydrogens (tertiary/aromatic N) is 2. The first-order valence-corrected chi connectivity index (χ1v) is 8.21. The highest BCUT2D eigenvalue weighted by molar-refractivity contribution is 7.17. The molecule has 0 aromatic carbocycles. The highest BCUT2D eigenvalue weighted by Gasteiger charge is 2.24. The van der Waals surface area contributed by atoms with E-state index in [1.165, 1.54) is 25.7 Å². The molecule has 2 heterocycles. The number of carbonyl (C=O) groups is 1. The molecule has 1 aliphatic rings. The molecule has 0 spiro atoms. The zero-order valence-corrected chi connectivity index (χ0v) is 13.0. The van der Waals surface area contributed by atoms with Gasteiger partial charge in [0.1, 0.15) is 0 Å². The SMILES string of the molecule is CCC1CCCCCN1c1nc(C(C)C)c(C=O)s1. The summed E-state index contributed by atoms with van der Waals surface area (Å²) < 4.78 is 0. The van der Waals surface area contributed by atoms with Gasteiger partial charge in [-0.1, -0.05) is 44.9 Å². The summed E-state index contributed by atoms with van der Waals surface area (Å²) in [6, 6.07) is 0.591. The van der Waals surface area contributed by atoms with Gasteiger partial charge >= 0.3 is 0 Å². The van der Waals surface area contributed by atoms with Crippen molar-refractivity contribution >= 4 is 22.8 Å². The van der Waals surface area contributed by atoms with Crippen LogP contribution in [0.4, 0.5) is 5.13 Å². The van der Waals surface area contributed by atoms with Gasteiger partial charge in [0.15, 0.2) is 11.4 Å². The van der Waals surface area contributed by atoms with Gasteiger partial charge in [0.05, 0.1) is 10.6 Å². The maximum Gasteiger partial charge on any atom is 0.186 e. The molecule has 0 radical (unpaired) electrons. The van der Waals surface area contributed by atoms with Gasteiger partial charge in [0.2, 0.25) is 0 Å². The van der Waals surface area contributed by atoms with Gasteiger partial charge in [-0.25, -0.2) is 4.98 Å². The van der Waals surface area contributed by atoms with Gasteiger partial charge in [-0.15, -0.1) is 0 Å². The molecule has 3 nitrogen and oxygen atoms in total. The lowest BCUT2D eigenvalue weighted by molar-refractivity contribution is 0.112. The summed E-state index contributed by atoms with van der Waals surface area (Å²) >= 11 is 1.57. The average Bonchev–Trinajstić information content (AvgIpc) is 2.69. The fraction of sp³-hybridized carbons (Fsp3) is 0.733. The predicted octanol–water partition coefficient (Wildman–Crippen LogP) is 4.24. The Labute approximate surface area is 120 Å². The maximum absolute atomic E-state index is 11.2. The zero-order chi connectivity index (χ0) is 13.8. The van der Waals surface area contributed by atoms with E-state index >= 15 is 0 Å². The van der Waals surface area contributed by atoms with Crippen molar-refractivity contribution in [1.82, 2.24) is 4.98 Å². The predicted molar refractivity (Wildman–Crippen MR) is 81.5 cm³/mol. The molecular weight excluding hydrogens is 256 g/mol. The van der Waals surface area contributed by atoms with Crippen molar-refractivity contribution in [3.8, 4) is 0 Å². The molecule has 1 atom stereocenters. The molecule has 106 valence electrons. The number of rotatable bonds is 4. The standard InChI is InChI=1S/C15H24N2OS/c1-4-12-8-6-5-7-9-17(12)15-16-14(11(2)3)13(10-18)19-15/h10-12H,4-9H2,1-3H3. The highest BCUT2D eigenvalue weighted by atomic mass is 32.1. The fourth-order valence-corrected chi connectivity index (χ4v) is 3.94. The number of aromatic nitrogens is 1. The van der Waals surface area contributed by atoms with Gasteiger partial charge in [-0.3, -0.25) is 4.79 Å². The quantitative estimate of drug-likeness (QED) is 0.773. The molecule has 1 saturated heterocycles. The van der Waals surface area contributed by atoms with Crippen molar-refractivity contribution in [3.63, 3.8) is 0 Å². The van der Waals surface area contributed by atoms with E-state index in [9.17, 15) is 4.79 Å². The summed E-state index contributed by atoms with van der Waals surface area (Å²) in [6.45, 7) is 7.54. The average molecular weight is 280 g/mol. The van der Waals surface area contributed by atoms with Gasteiger partial charge in [0, 0.05) is 12.6 Å². The lowest BCUT2D eigenvalue weighted by Crippen LogP contribution is -2.34. The molecular formula is C15H24N2OS. The molecule has 1 fully saturated rings. The molecule has 1 aliphatic heterocycles. The van der Waals surface area contributed by atoms with Crippen molar-refractivity contribution in [2.75, 3.05) is 11.4 Å². The number of anilines is 1. The molecule has 19 heavy (non-hydrogen) atoms. The van der Waals surface area contributed by atoms with Crippen LogP contribution >= 0.6 is 11.3 Å². The van der Waals surface area contributed by atoms with Gasteiger partial charge in [-0.05, 0) is 25.2 Å². The van der Waals surface area contributed by atoms with Crippen LogP contribution in [0.5, 0.6) is 0 Å². The van der Waals surface area contributed by atoms with Crippen LogP contribution in [0.2, 0.25) is 0 Å². The number of aldehydes is 1. The van der Waals surface area contributed by atoms with Crippen LogP contribution in [0.3, 0.4) is 0 Å². The maximum atomic E-state index is 11.2. The van der Waals surface area contributed by atoms with Gasteiger partial charge < -0.3 is 4.90 Å². The second-order valence-electron chi connectivity index (χ2n) is 5.62. The Morgan fingerprint density at radius 2 is 2.21 bits per heavy atom. The second kappa shape index (κ2) is 6.51. The first-order valence-electron chi connectivity index (χ1n) is 7.39. The first kappa shape index (κ1) is 14.5. The van der Waals surface area contributed by atoms with Crippen molar-refractivity contribution in [3.05, 3.63) is 10.6 Å². The summed E-state index contributed by atoms with van der Waals surface area (Å²) in [5.74, 6) is 0.317. The highest BCUT2D eigenvalue weighted by Crippen LogP contribution is 2.33. The van der Waals surface area contributed by atoms with Crippen molar-refractivity contribution < 1.29 is 4.79 Å².